The SMILES string of the molecule is CCN(CC)S(=O)(=O)c1ccc([C@H](C)NC(=O)CCn2cnc3ccccc3c2=O)cc1. The number of para-hydroxylation sites is 1. The first kappa shape index (κ1) is 23.6. The molecular formula is C23H28N4O4S. The normalized spacial score (nSPS) is 12.8. The summed E-state index contributed by atoms with van der Waals surface area (Å²) in [5.41, 5.74) is 1.24. The van der Waals surface area contributed by atoms with E-state index < -0.39 is 10.0 Å². The summed E-state index contributed by atoms with van der Waals surface area (Å²) in [7, 11) is -3.52. The van der Waals surface area contributed by atoms with Gasteiger partial charge < -0.3 is 5.32 Å². The average molecular weight is 457 g/mol. The number of carbonyl (C=O) groups excluding carboxylic acids is 1. The van der Waals surface area contributed by atoms with E-state index in [-0.39, 0.29) is 35.4 Å². The molecule has 9 heteroatoms. The highest BCUT2D eigenvalue weighted by Gasteiger charge is 2.21. The first-order chi connectivity index (χ1) is 15.3. The van der Waals surface area contributed by atoms with Crippen molar-refractivity contribution >= 4 is 26.8 Å². The van der Waals surface area contributed by atoms with Gasteiger partial charge in [-0.1, -0.05) is 38.1 Å². The Kier molecular flexibility index (Phi) is 7.42. The van der Waals surface area contributed by atoms with Crippen LogP contribution in [0.5, 0.6) is 0 Å². The van der Waals surface area contributed by atoms with Crippen molar-refractivity contribution < 1.29 is 13.2 Å². The van der Waals surface area contributed by atoms with E-state index in [1.807, 2.05) is 13.0 Å². The van der Waals surface area contributed by atoms with Crippen LogP contribution in [0.2, 0.25) is 0 Å². The highest BCUT2D eigenvalue weighted by Crippen LogP contribution is 2.19. The third kappa shape index (κ3) is 5.05. The van der Waals surface area contributed by atoms with Crippen molar-refractivity contribution in [3.8, 4) is 0 Å². The van der Waals surface area contributed by atoms with Crippen molar-refractivity contribution in [2.75, 3.05) is 13.1 Å². The number of nitrogens with zero attached hydrogens (tertiary/aromatic N) is 3. The second-order valence-corrected chi connectivity index (χ2v) is 9.40. The predicted molar refractivity (Wildman–Crippen MR) is 124 cm³/mol. The Hall–Kier alpha value is -3.04. The van der Waals surface area contributed by atoms with Gasteiger partial charge in [0, 0.05) is 26.1 Å². The van der Waals surface area contributed by atoms with E-state index >= 15 is 0 Å². The summed E-state index contributed by atoms with van der Waals surface area (Å²) in [5, 5.41) is 3.41. The molecule has 0 fully saturated rings. The lowest BCUT2D eigenvalue weighted by molar-refractivity contribution is -0.121. The Balaban J connectivity index is 1.62. The molecule has 1 amide bonds. The van der Waals surface area contributed by atoms with E-state index in [1.165, 1.54) is 15.2 Å². The largest absolute Gasteiger partial charge is 0.350 e. The van der Waals surface area contributed by atoms with E-state index in [2.05, 4.69) is 10.3 Å². The molecule has 0 saturated heterocycles. The van der Waals surface area contributed by atoms with Crippen LogP contribution in [0.1, 0.15) is 38.8 Å². The molecule has 0 aliphatic heterocycles. The minimum atomic E-state index is -3.52. The number of rotatable bonds is 9. The molecule has 3 aromatic rings. The van der Waals surface area contributed by atoms with Gasteiger partial charge in [-0.15, -0.1) is 0 Å². The van der Waals surface area contributed by atoms with E-state index in [0.29, 0.717) is 24.0 Å². The topological polar surface area (TPSA) is 101 Å². The fourth-order valence-corrected chi connectivity index (χ4v) is 4.98. The first-order valence-electron chi connectivity index (χ1n) is 10.6. The van der Waals surface area contributed by atoms with Gasteiger partial charge in [0.05, 0.1) is 28.2 Å². The highest BCUT2D eigenvalue weighted by atomic mass is 32.2. The van der Waals surface area contributed by atoms with Crippen molar-refractivity contribution in [3.05, 3.63) is 70.8 Å². The number of hydrogen-bond donors (Lipinski definition) is 1. The number of nitrogens with one attached hydrogen (secondary N) is 1. The molecule has 170 valence electrons. The van der Waals surface area contributed by atoms with Crippen molar-refractivity contribution in [3.63, 3.8) is 0 Å². The molecular weight excluding hydrogens is 428 g/mol. The molecule has 1 N–H and O–H groups in total. The molecule has 0 unspecified atom stereocenters. The molecule has 0 aliphatic rings. The molecule has 1 aromatic heterocycles. The number of hydrogen-bond acceptors (Lipinski definition) is 5. The fourth-order valence-electron chi connectivity index (χ4n) is 3.53. The van der Waals surface area contributed by atoms with E-state index in [1.54, 1.807) is 56.3 Å². The second kappa shape index (κ2) is 10.1. The lowest BCUT2D eigenvalue weighted by Gasteiger charge is -2.19. The Morgan fingerprint density at radius 2 is 1.75 bits per heavy atom. The number of aryl methyl sites for hydroxylation is 1. The van der Waals surface area contributed by atoms with Crippen LogP contribution in [0.4, 0.5) is 0 Å². The van der Waals surface area contributed by atoms with Crippen molar-refractivity contribution in [2.24, 2.45) is 0 Å². The molecule has 0 saturated carbocycles. The smallest absolute Gasteiger partial charge is 0.261 e. The molecule has 0 bridgehead atoms. The van der Waals surface area contributed by atoms with Crippen molar-refractivity contribution in [2.45, 2.75) is 44.7 Å². The highest BCUT2D eigenvalue weighted by molar-refractivity contribution is 7.89. The van der Waals surface area contributed by atoms with Crippen LogP contribution in [0.3, 0.4) is 0 Å². The van der Waals surface area contributed by atoms with Crippen LogP contribution in [0.25, 0.3) is 10.9 Å². The maximum atomic E-state index is 12.6. The summed E-state index contributed by atoms with van der Waals surface area (Å²) in [4.78, 5) is 29.4. The molecule has 1 atom stereocenters. The monoisotopic (exact) mass is 456 g/mol. The Labute approximate surface area is 187 Å². The van der Waals surface area contributed by atoms with Crippen molar-refractivity contribution in [1.82, 2.24) is 19.2 Å². The summed E-state index contributed by atoms with van der Waals surface area (Å²) < 4.78 is 28.0. The third-order valence-corrected chi connectivity index (χ3v) is 7.48. The maximum absolute atomic E-state index is 12.6. The molecule has 0 radical (unpaired) electrons. The van der Waals surface area contributed by atoms with Crippen LogP contribution in [0.15, 0.2) is 64.5 Å². The van der Waals surface area contributed by atoms with Gasteiger partial charge in [0.2, 0.25) is 15.9 Å². The van der Waals surface area contributed by atoms with Crippen LogP contribution >= 0.6 is 0 Å². The van der Waals surface area contributed by atoms with Gasteiger partial charge in [-0.3, -0.25) is 14.2 Å². The van der Waals surface area contributed by atoms with E-state index in [0.717, 1.165) is 5.56 Å². The van der Waals surface area contributed by atoms with Crippen LogP contribution < -0.4 is 10.9 Å². The molecule has 0 aliphatic carbocycles. The minimum Gasteiger partial charge on any atom is -0.350 e. The van der Waals surface area contributed by atoms with Crippen molar-refractivity contribution in [1.29, 1.82) is 0 Å². The Morgan fingerprint density at radius 1 is 1.09 bits per heavy atom. The molecule has 1 heterocycles. The number of sulfonamides is 1. The van der Waals surface area contributed by atoms with Gasteiger partial charge in [-0.25, -0.2) is 13.4 Å². The summed E-state index contributed by atoms with van der Waals surface area (Å²) in [6, 6.07) is 13.3. The molecule has 0 spiro atoms. The molecule has 2 aromatic carbocycles. The maximum Gasteiger partial charge on any atom is 0.261 e. The van der Waals surface area contributed by atoms with E-state index in [9.17, 15) is 18.0 Å². The summed E-state index contributed by atoms with van der Waals surface area (Å²) in [6.45, 7) is 6.46. The third-order valence-electron chi connectivity index (χ3n) is 5.41. The summed E-state index contributed by atoms with van der Waals surface area (Å²) in [6.07, 6.45) is 1.58. The zero-order chi connectivity index (χ0) is 23.3. The van der Waals surface area contributed by atoms with Gasteiger partial charge >= 0.3 is 0 Å². The molecule has 32 heavy (non-hydrogen) atoms. The molecule has 8 nitrogen and oxygen atoms in total. The zero-order valence-corrected chi connectivity index (χ0v) is 19.3. The number of fused-ring (bicyclic) bond motifs is 1. The van der Waals surface area contributed by atoms with E-state index in [4.69, 9.17) is 0 Å². The Morgan fingerprint density at radius 3 is 2.41 bits per heavy atom. The quantitative estimate of drug-likeness (QED) is 0.533. The first-order valence-corrected chi connectivity index (χ1v) is 12.1. The number of carbonyl (C=O) groups is 1. The minimum absolute atomic E-state index is 0.124. The number of benzene rings is 2. The number of amides is 1. The average Bonchev–Trinajstić information content (AvgIpc) is 2.79. The lowest BCUT2D eigenvalue weighted by Crippen LogP contribution is -2.31. The second-order valence-electron chi connectivity index (χ2n) is 7.46. The zero-order valence-electron chi connectivity index (χ0n) is 18.5. The van der Waals surface area contributed by atoms with Gasteiger partial charge in [0.25, 0.3) is 5.56 Å². The predicted octanol–water partition coefficient (Wildman–Crippen LogP) is 2.69. The van der Waals surface area contributed by atoms with Gasteiger partial charge in [0.1, 0.15) is 0 Å². The van der Waals surface area contributed by atoms with Gasteiger partial charge in [-0.05, 0) is 36.8 Å². The van der Waals surface area contributed by atoms with Crippen LogP contribution in [-0.2, 0) is 21.4 Å². The lowest BCUT2D eigenvalue weighted by atomic mass is 10.1. The van der Waals surface area contributed by atoms with Gasteiger partial charge in [-0.2, -0.15) is 4.31 Å². The number of aromatic nitrogens is 2. The summed E-state index contributed by atoms with van der Waals surface area (Å²) in [5.74, 6) is -0.211. The molecule has 3 rings (SSSR count). The van der Waals surface area contributed by atoms with Crippen LogP contribution in [0, 0.1) is 0 Å². The van der Waals surface area contributed by atoms with Crippen LogP contribution in [-0.4, -0.2) is 41.3 Å². The van der Waals surface area contributed by atoms with Gasteiger partial charge in [0.15, 0.2) is 0 Å². The Bertz CT molecular complexity index is 1250. The fraction of sp³-hybridized carbons (Fsp3) is 0.348. The summed E-state index contributed by atoms with van der Waals surface area (Å²) >= 11 is 0. The standard InChI is InChI=1S/C23H28N4O4S/c1-4-27(5-2)32(30,31)19-12-10-18(11-13-19)17(3)25-22(28)14-15-26-16-24-21-9-7-6-8-20(21)23(26)29/h6-13,16-17H,4-5,14-15H2,1-3H3,(H,25,28)/t17-/m0/s1.